The third kappa shape index (κ3) is 17.0. The van der Waals surface area contributed by atoms with Crippen molar-refractivity contribution in [3.8, 4) is 11.1 Å². The quantitative estimate of drug-likeness (QED) is 0.0437. The highest BCUT2D eigenvalue weighted by Crippen LogP contribution is 2.34. The first-order valence-corrected chi connectivity index (χ1v) is 31.7. The number of rotatable bonds is 27. The number of ether oxygens (including phenoxy) is 2. The number of benzene rings is 4. The molecule has 4 aliphatic rings. The van der Waals surface area contributed by atoms with Gasteiger partial charge in [0.15, 0.2) is 0 Å². The second kappa shape index (κ2) is 32.6. The highest BCUT2D eigenvalue weighted by molar-refractivity contribution is 5.98. The molecule has 0 aromatic heterocycles. The highest BCUT2D eigenvalue weighted by atomic mass is 16.5. The number of carbonyl (C=O) groups is 8. The highest BCUT2D eigenvalue weighted by Gasteiger charge is 2.48. The predicted octanol–water partition coefficient (Wildman–Crippen LogP) is 5.45. The molecule has 4 aromatic rings. The van der Waals surface area contributed by atoms with Gasteiger partial charge < -0.3 is 61.0 Å². The summed E-state index contributed by atoms with van der Waals surface area (Å²) in [6, 6.07) is 30.7. The molecule has 20 nitrogen and oxygen atoms in total. The molecular formula is C68H92N10O10. The van der Waals surface area contributed by atoms with Crippen molar-refractivity contribution in [1.82, 2.24) is 51.5 Å². The molecule has 0 spiro atoms. The molecule has 20 heteroatoms. The zero-order chi connectivity index (χ0) is 62.7. The number of methoxy groups -OCH3 is 2. The SMILES string of the molecule is CN[C@@H](C)C(=O)N[C@H](C(=O)N1CC[C@H](OC)C1N(CCc1ccccc1)C(=O)CNC(=O)c1ccc(-c2ccc(C(=O)NCC(=O)N(CCc3ccccc3)C3[C@@H](OC)CCN3C(=O)[C@@H](NC(=O)[C@H](C)NC)C3CCCCC3)cc2)cc1)C1CCCCC1. The summed E-state index contributed by atoms with van der Waals surface area (Å²) in [6.07, 6.45) is 8.55. The van der Waals surface area contributed by atoms with Crippen molar-refractivity contribution in [3.63, 3.8) is 0 Å². The van der Waals surface area contributed by atoms with Gasteiger partial charge in [0.1, 0.15) is 24.4 Å². The van der Waals surface area contributed by atoms with E-state index in [9.17, 15) is 38.4 Å². The minimum absolute atomic E-state index is 0.0540. The Morgan fingerprint density at radius 2 is 0.841 bits per heavy atom. The van der Waals surface area contributed by atoms with Crippen LogP contribution >= 0.6 is 0 Å². The molecule has 4 aromatic carbocycles. The maximum Gasteiger partial charge on any atom is 0.251 e. The zero-order valence-electron chi connectivity index (χ0n) is 52.2. The Morgan fingerprint density at radius 3 is 1.17 bits per heavy atom. The van der Waals surface area contributed by atoms with Crippen LogP contribution in [0.2, 0.25) is 0 Å². The third-order valence-electron chi connectivity index (χ3n) is 18.5. The van der Waals surface area contributed by atoms with Gasteiger partial charge in [0.05, 0.1) is 37.4 Å². The van der Waals surface area contributed by atoms with Crippen LogP contribution in [0.4, 0.5) is 0 Å². The molecule has 8 atom stereocenters. The summed E-state index contributed by atoms with van der Waals surface area (Å²) >= 11 is 0. The van der Waals surface area contributed by atoms with E-state index in [0.717, 1.165) is 86.5 Å². The van der Waals surface area contributed by atoms with E-state index < -0.39 is 72.3 Å². The number of carbonyl (C=O) groups excluding carboxylic acids is 8. The summed E-state index contributed by atoms with van der Waals surface area (Å²) in [7, 11) is 6.55. The topological polar surface area (TPSA) is 240 Å². The zero-order valence-corrected chi connectivity index (χ0v) is 52.2. The van der Waals surface area contributed by atoms with Gasteiger partial charge in [0.25, 0.3) is 11.8 Å². The molecule has 88 heavy (non-hydrogen) atoms. The summed E-state index contributed by atoms with van der Waals surface area (Å²) in [5.74, 6) is -2.86. The van der Waals surface area contributed by atoms with E-state index in [-0.39, 0.29) is 61.6 Å². The van der Waals surface area contributed by atoms with Crippen molar-refractivity contribution in [3.05, 3.63) is 131 Å². The fourth-order valence-electron chi connectivity index (χ4n) is 13.0. The first-order chi connectivity index (χ1) is 42.6. The standard InChI is InChI=1S/C68H92N10O10/c1-45(69-3)61(81)73-59(51-23-15-9-16-24-51)67(85)77-41-37-55(87-5)65(77)75(39-35-47-19-11-7-12-20-47)57(79)43-71-63(83)53-31-27-49(28-32-53)50-29-33-54(34-30-50)64(84)72-44-58(80)76(40-36-48-21-13-8-14-22-48)66-56(88-6)38-42-78(66)68(86)60(52-25-17-10-18-26-52)74-62(82)46(2)70-4/h7-8,11-14,19-22,27-34,45-46,51-52,55-56,59-60,65-66,69-70H,9-10,15-18,23-26,35-44H2,1-6H3,(H,71,83)(H,72,84)(H,73,81)(H,74,82)/t45-,46-,55-,56-,59-,60-,65?,66?/m0/s1. The van der Waals surface area contributed by atoms with E-state index >= 15 is 0 Å². The molecule has 2 heterocycles. The number of nitrogens with zero attached hydrogens (tertiary/aromatic N) is 4. The fourth-order valence-corrected chi connectivity index (χ4v) is 13.0. The van der Waals surface area contributed by atoms with E-state index in [1.54, 1.807) is 110 Å². The number of likely N-dealkylation sites (tertiary alicyclic amines) is 2. The monoisotopic (exact) mass is 1210 g/mol. The Morgan fingerprint density at radius 1 is 0.489 bits per heavy atom. The minimum Gasteiger partial charge on any atom is -0.377 e. The van der Waals surface area contributed by atoms with Gasteiger partial charge >= 0.3 is 0 Å². The second-order valence-electron chi connectivity index (χ2n) is 24.0. The first-order valence-electron chi connectivity index (χ1n) is 31.7. The Balaban J connectivity index is 0.920. The van der Waals surface area contributed by atoms with Crippen LogP contribution in [-0.4, -0.2) is 183 Å². The first kappa shape index (κ1) is 66.4. The molecule has 2 saturated heterocycles. The summed E-state index contributed by atoms with van der Waals surface area (Å²) < 4.78 is 12.0. The van der Waals surface area contributed by atoms with Crippen LogP contribution in [0.3, 0.4) is 0 Å². The van der Waals surface area contributed by atoms with Crippen LogP contribution in [0.1, 0.15) is 123 Å². The average molecular weight is 1210 g/mol. The van der Waals surface area contributed by atoms with Gasteiger partial charge in [-0.25, -0.2) is 0 Å². The molecule has 474 valence electrons. The Labute approximate surface area is 518 Å². The number of nitrogens with one attached hydrogen (secondary N) is 6. The maximum atomic E-state index is 14.9. The summed E-state index contributed by atoms with van der Waals surface area (Å²) in [4.78, 5) is 120. The van der Waals surface area contributed by atoms with Crippen molar-refractivity contribution in [2.45, 2.75) is 152 Å². The van der Waals surface area contributed by atoms with Crippen LogP contribution in [0, 0.1) is 11.8 Å². The molecule has 8 amide bonds. The molecule has 6 N–H and O–H groups in total. The third-order valence-corrected chi connectivity index (χ3v) is 18.5. The molecule has 8 rings (SSSR count). The van der Waals surface area contributed by atoms with Crippen molar-refractivity contribution in [1.29, 1.82) is 0 Å². The largest absolute Gasteiger partial charge is 0.377 e. The Hall–Kier alpha value is -7.52. The van der Waals surface area contributed by atoms with Crippen LogP contribution in [0.15, 0.2) is 109 Å². The number of amides is 8. The van der Waals surface area contributed by atoms with Gasteiger partial charge in [-0.05, 0) is 138 Å². The maximum absolute atomic E-state index is 14.9. The lowest BCUT2D eigenvalue weighted by atomic mass is 9.83. The molecule has 0 bridgehead atoms. The van der Waals surface area contributed by atoms with Crippen molar-refractivity contribution >= 4 is 47.3 Å². The van der Waals surface area contributed by atoms with Crippen molar-refractivity contribution < 1.29 is 47.8 Å². The van der Waals surface area contributed by atoms with Crippen LogP contribution in [0.25, 0.3) is 11.1 Å². The number of hydrogen-bond acceptors (Lipinski definition) is 12. The summed E-state index contributed by atoms with van der Waals surface area (Å²) in [5, 5.41) is 17.8. The lowest BCUT2D eigenvalue weighted by Crippen LogP contribution is -2.61. The van der Waals surface area contributed by atoms with Gasteiger partial charge in [0.2, 0.25) is 35.4 Å². The van der Waals surface area contributed by atoms with Gasteiger partial charge in [-0.3, -0.25) is 38.4 Å². The van der Waals surface area contributed by atoms with E-state index in [0.29, 0.717) is 49.9 Å². The lowest BCUT2D eigenvalue weighted by molar-refractivity contribution is -0.152. The van der Waals surface area contributed by atoms with Crippen molar-refractivity contribution in [2.24, 2.45) is 11.8 Å². The smallest absolute Gasteiger partial charge is 0.251 e. The van der Waals surface area contributed by atoms with E-state index in [1.165, 1.54) is 0 Å². The Kier molecular flexibility index (Phi) is 24.6. The van der Waals surface area contributed by atoms with Crippen LogP contribution < -0.4 is 31.9 Å². The minimum atomic E-state index is -0.787. The second-order valence-corrected chi connectivity index (χ2v) is 24.0. The van der Waals surface area contributed by atoms with Gasteiger partial charge in [-0.2, -0.15) is 0 Å². The van der Waals surface area contributed by atoms with E-state index in [1.807, 2.05) is 60.7 Å². The van der Waals surface area contributed by atoms with Crippen molar-refractivity contribution in [2.75, 3.05) is 67.6 Å². The predicted molar refractivity (Wildman–Crippen MR) is 336 cm³/mol. The van der Waals surface area contributed by atoms with E-state index in [4.69, 9.17) is 9.47 Å². The van der Waals surface area contributed by atoms with Gasteiger partial charge in [-0.15, -0.1) is 0 Å². The van der Waals surface area contributed by atoms with Crippen LogP contribution in [0.5, 0.6) is 0 Å². The van der Waals surface area contributed by atoms with Gasteiger partial charge in [0, 0.05) is 51.5 Å². The number of likely N-dealkylation sites (N-methyl/N-ethyl adjacent to an activating group) is 2. The summed E-state index contributed by atoms with van der Waals surface area (Å²) in [6.45, 7) is 3.94. The van der Waals surface area contributed by atoms with Gasteiger partial charge in [-0.1, -0.05) is 123 Å². The molecule has 2 aliphatic heterocycles. The molecule has 2 saturated carbocycles. The van der Waals surface area contributed by atoms with E-state index in [2.05, 4.69) is 31.9 Å². The molecule has 2 aliphatic carbocycles. The average Bonchev–Trinajstić information content (AvgIpc) is 2.66. The normalized spacial score (nSPS) is 20.2. The molecule has 0 radical (unpaired) electrons. The molecular weight excluding hydrogens is 1120 g/mol. The molecule has 4 fully saturated rings. The Bertz CT molecular complexity index is 2760. The number of hydrogen-bond donors (Lipinski definition) is 6. The summed E-state index contributed by atoms with van der Waals surface area (Å²) in [5.41, 5.74) is 4.16. The molecule has 2 unspecified atom stereocenters. The fraction of sp³-hybridized carbons (Fsp3) is 0.529. The lowest BCUT2D eigenvalue weighted by Gasteiger charge is -2.40. The van der Waals surface area contributed by atoms with Crippen LogP contribution in [-0.2, 0) is 51.1 Å².